The fourth-order valence-electron chi connectivity index (χ4n) is 8.98. The van der Waals surface area contributed by atoms with Gasteiger partial charge in [-0.2, -0.15) is 0 Å². The third-order valence-corrected chi connectivity index (χ3v) is 10.8. The number of amides is 1. The van der Waals surface area contributed by atoms with Gasteiger partial charge in [0, 0.05) is 42.7 Å². The van der Waals surface area contributed by atoms with E-state index in [-0.39, 0.29) is 35.3 Å². The van der Waals surface area contributed by atoms with Gasteiger partial charge in [-0.25, -0.2) is 0 Å². The van der Waals surface area contributed by atoms with Gasteiger partial charge in [-0.3, -0.25) is 19.3 Å². The second kappa shape index (κ2) is 9.32. The van der Waals surface area contributed by atoms with Crippen LogP contribution in [0, 0.1) is 29.6 Å². The van der Waals surface area contributed by atoms with Crippen LogP contribution in [0.1, 0.15) is 67.1 Å². The molecule has 41 heavy (non-hydrogen) atoms. The third kappa shape index (κ3) is 3.53. The Bertz CT molecular complexity index is 1440. The molecule has 2 aliphatic heterocycles. The number of fused-ring (bicyclic) bond motifs is 7. The average Bonchev–Trinajstić information content (AvgIpc) is 3.28. The topological polar surface area (TPSA) is 165 Å². The number of ketones is 2. The van der Waals surface area contributed by atoms with E-state index < -0.39 is 57.9 Å². The number of primary amides is 1. The molecule has 3 unspecified atom stereocenters. The van der Waals surface area contributed by atoms with E-state index in [1.165, 1.54) is 0 Å². The number of benzene rings is 1. The Balaban J connectivity index is 1.55. The van der Waals surface area contributed by atoms with Gasteiger partial charge in [0.1, 0.15) is 22.8 Å². The number of aliphatic hydroxyl groups is 3. The van der Waals surface area contributed by atoms with Crippen LogP contribution in [0.2, 0.25) is 0 Å². The molecule has 1 saturated heterocycles. The highest BCUT2D eigenvalue weighted by molar-refractivity contribution is 6.24. The van der Waals surface area contributed by atoms with E-state index in [4.69, 9.17) is 5.73 Å². The molecule has 6 atom stereocenters. The summed E-state index contributed by atoms with van der Waals surface area (Å²) in [5.74, 6) is -6.63. The zero-order chi connectivity index (χ0) is 29.7. The lowest BCUT2D eigenvalue weighted by Crippen LogP contribution is -2.61. The highest BCUT2D eigenvalue weighted by atomic mass is 16.3. The molecule has 0 saturated carbocycles. The summed E-state index contributed by atoms with van der Waals surface area (Å²) in [5.41, 5.74) is 4.71. The number of carbonyl (C=O) groups is 3. The van der Waals surface area contributed by atoms with Crippen LogP contribution in [0.25, 0.3) is 0 Å². The van der Waals surface area contributed by atoms with Gasteiger partial charge in [0.2, 0.25) is 5.78 Å². The number of carbonyl (C=O) groups excluding carboxylic acids is 3. The molecule has 1 fully saturated rings. The zero-order valence-corrected chi connectivity index (χ0v) is 24.0. The van der Waals surface area contributed by atoms with Crippen LogP contribution in [-0.2, 0) is 16.0 Å². The fourth-order valence-corrected chi connectivity index (χ4v) is 8.98. The molecule has 0 spiro atoms. The van der Waals surface area contributed by atoms with E-state index >= 15 is 0 Å². The molecule has 3 aliphatic carbocycles. The number of nitrogens with two attached hydrogens (primary N) is 1. The van der Waals surface area contributed by atoms with Gasteiger partial charge < -0.3 is 31.1 Å². The summed E-state index contributed by atoms with van der Waals surface area (Å²) in [6.45, 7) is 5.60. The predicted molar refractivity (Wildman–Crippen MR) is 151 cm³/mol. The molecule has 1 aromatic carbocycles. The number of hydrogen-bond acceptors (Lipinski definition) is 9. The average molecular weight is 566 g/mol. The summed E-state index contributed by atoms with van der Waals surface area (Å²) in [4.78, 5) is 44.5. The second-order valence-electron chi connectivity index (χ2n) is 12.7. The summed E-state index contributed by atoms with van der Waals surface area (Å²) in [6, 6.07) is 1.78. The predicted octanol–water partition coefficient (Wildman–Crippen LogP) is 2.69. The Morgan fingerprint density at radius 1 is 1.17 bits per heavy atom. The lowest BCUT2D eigenvalue weighted by atomic mass is 9.55. The van der Waals surface area contributed by atoms with Crippen molar-refractivity contribution in [3.63, 3.8) is 0 Å². The molecule has 1 aromatic rings. The zero-order valence-electron chi connectivity index (χ0n) is 24.0. The first-order valence-electron chi connectivity index (χ1n) is 14.7. The number of phenols is 1. The summed E-state index contributed by atoms with van der Waals surface area (Å²) in [5, 5.41) is 46.1. The Labute approximate surface area is 239 Å². The third-order valence-electron chi connectivity index (χ3n) is 10.8. The van der Waals surface area contributed by atoms with Crippen LogP contribution in [0.5, 0.6) is 5.75 Å². The minimum atomic E-state index is -2.59. The number of allylic oxidation sites excluding steroid dienone is 2. The largest absolute Gasteiger partial charge is 0.511 e. The second-order valence-corrected chi connectivity index (χ2v) is 12.7. The SMILES string of the molecule is CCC(CC)C1C(O)=C(C(N)=O)C(=O)[C@@]2(O)C(O)=C3C(=O)c4c(O)cc5c(c4C[C@H]3C[C@@H]12)N(C)CC1CCN(C)C51. The van der Waals surface area contributed by atoms with Crippen molar-refractivity contribution in [3.8, 4) is 5.75 Å². The first-order valence-corrected chi connectivity index (χ1v) is 14.7. The maximum absolute atomic E-state index is 14.1. The molecule has 1 amide bonds. The monoisotopic (exact) mass is 565 g/mol. The minimum absolute atomic E-state index is 0.0721. The van der Waals surface area contributed by atoms with Gasteiger partial charge in [-0.15, -0.1) is 0 Å². The van der Waals surface area contributed by atoms with Gasteiger partial charge >= 0.3 is 0 Å². The van der Waals surface area contributed by atoms with Crippen molar-refractivity contribution >= 4 is 23.2 Å². The Morgan fingerprint density at radius 3 is 2.49 bits per heavy atom. The van der Waals surface area contributed by atoms with Crippen LogP contribution in [0.4, 0.5) is 5.69 Å². The number of rotatable bonds is 4. The summed E-state index contributed by atoms with van der Waals surface area (Å²) in [6.07, 6.45) is 2.66. The molecule has 5 aliphatic rings. The van der Waals surface area contributed by atoms with Crippen LogP contribution in [0.15, 0.2) is 28.7 Å². The molecule has 0 radical (unpaired) electrons. The molecule has 10 nitrogen and oxygen atoms in total. The van der Waals surface area contributed by atoms with Crippen LogP contribution in [-0.4, -0.2) is 75.6 Å². The molecule has 0 aromatic heterocycles. The maximum Gasteiger partial charge on any atom is 0.255 e. The lowest BCUT2D eigenvalue weighted by Gasteiger charge is -2.50. The van der Waals surface area contributed by atoms with Crippen LogP contribution >= 0.6 is 0 Å². The summed E-state index contributed by atoms with van der Waals surface area (Å²) < 4.78 is 0. The van der Waals surface area contributed by atoms with Gasteiger partial charge in [-0.1, -0.05) is 26.7 Å². The normalized spacial score (nSPS) is 33.0. The van der Waals surface area contributed by atoms with Crippen molar-refractivity contribution in [3.05, 3.63) is 45.4 Å². The van der Waals surface area contributed by atoms with Crippen LogP contribution in [0.3, 0.4) is 0 Å². The maximum atomic E-state index is 14.1. The van der Waals surface area contributed by atoms with Gasteiger partial charge in [0.15, 0.2) is 11.4 Å². The van der Waals surface area contributed by atoms with Gasteiger partial charge in [-0.05, 0) is 67.8 Å². The van der Waals surface area contributed by atoms with E-state index in [1.807, 2.05) is 20.9 Å². The minimum Gasteiger partial charge on any atom is -0.511 e. The number of aromatic hydroxyl groups is 1. The van der Waals surface area contributed by atoms with E-state index in [9.17, 15) is 34.8 Å². The Kier molecular flexibility index (Phi) is 6.32. The first-order chi connectivity index (χ1) is 19.4. The number of phenolic OH excluding ortho intramolecular Hbond substituents is 1. The molecule has 6 N–H and O–H groups in total. The highest BCUT2D eigenvalue weighted by Gasteiger charge is 2.63. The Morgan fingerprint density at radius 2 is 1.85 bits per heavy atom. The summed E-state index contributed by atoms with van der Waals surface area (Å²) in [7, 11) is 4.06. The van der Waals surface area contributed by atoms with Crippen molar-refractivity contribution in [2.45, 2.75) is 57.6 Å². The number of hydrogen-bond donors (Lipinski definition) is 5. The fraction of sp³-hybridized carbons (Fsp3) is 0.581. The van der Waals surface area contributed by atoms with E-state index in [1.54, 1.807) is 6.07 Å². The standard InChI is InChI=1S/C31H39N3O7/c1-5-13(6-2)20-18-10-15-9-16-22(19(35)11-17-24-14(7-8-33(24)3)12-34(4)25(16)17)27(37)21(15)28(38)31(18,41)29(39)23(26(20)36)30(32)40/h11,13-15,18,20,24,35-36,38,41H,5-10,12H2,1-4H3,(H2,32,40)/t14?,15-,18-,20?,24?,31-/m0/s1. The van der Waals surface area contributed by atoms with E-state index in [0.29, 0.717) is 30.7 Å². The molecular formula is C31H39N3O7. The van der Waals surface area contributed by atoms with E-state index in [0.717, 1.165) is 30.8 Å². The lowest BCUT2D eigenvalue weighted by molar-refractivity contribution is -0.150. The van der Waals surface area contributed by atoms with Crippen molar-refractivity contribution in [2.24, 2.45) is 35.3 Å². The van der Waals surface area contributed by atoms with Crippen molar-refractivity contribution in [2.75, 3.05) is 32.1 Å². The number of likely N-dealkylation sites (tertiary alicyclic amines) is 1. The molecular weight excluding hydrogens is 526 g/mol. The molecule has 0 bridgehead atoms. The quantitative estimate of drug-likeness (QED) is 0.345. The van der Waals surface area contributed by atoms with Crippen LogP contribution < -0.4 is 10.6 Å². The number of nitrogens with zero attached hydrogens (tertiary/aromatic N) is 2. The number of Topliss-reactive ketones (excluding diaryl/α,β-unsaturated/α-hetero) is 2. The van der Waals surface area contributed by atoms with Crippen molar-refractivity contribution in [1.82, 2.24) is 4.90 Å². The Hall–Kier alpha value is -3.37. The number of anilines is 1. The van der Waals surface area contributed by atoms with Crippen molar-refractivity contribution in [1.29, 1.82) is 0 Å². The van der Waals surface area contributed by atoms with Gasteiger partial charge in [0.25, 0.3) is 5.91 Å². The van der Waals surface area contributed by atoms with Crippen molar-refractivity contribution < 1.29 is 34.8 Å². The molecule has 220 valence electrons. The highest BCUT2D eigenvalue weighted by Crippen LogP contribution is 2.57. The smallest absolute Gasteiger partial charge is 0.255 e. The van der Waals surface area contributed by atoms with Gasteiger partial charge in [0.05, 0.1) is 5.56 Å². The molecule has 2 heterocycles. The summed E-state index contributed by atoms with van der Waals surface area (Å²) >= 11 is 0. The first kappa shape index (κ1) is 27.8. The molecule has 6 rings (SSSR count). The molecule has 10 heteroatoms. The van der Waals surface area contributed by atoms with E-state index in [2.05, 4.69) is 16.8 Å². The number of aliphatic hydroxyl groups excluding tert-OH is 2.